The quantitative estimate of drug-likeness (QED) is 0.0849. The summed E-state index contributed by atoms with van der Waals surface area (Å²) in [6, 6.07) is 93.1. The van der Waals surface area contributed by atoms with Crippen molar-refractivity contribution >= 4 is 46.3 Å². The topological polar surface area (TPSA) is 24.9 Å². The Bertz CT molecular complexity index is 5070. The molecule has 4 nitrogen and oxygen atoms in total. The highest BCUT2D eigenvalue weighted by Crippen LogP contribution is 2.61. The molecule has 0 spiro atoms. The van der Waals surface area contributed by atoms with Crippen LogP contribution in [0, 0.1) is 34.9 Å². The van der Waals surface area contributed by atoms with Gasteiger partial charge in [0.05, 0.1) is 10.8 Å². The fraction of sp³-hybridized carbons (Fsp3) is 0.0222. The second-order valence-electron chi connectivity index (χ2n) is 24.8. The molecular formula is C90H58F6N2O2. The molecule has 14 aromatic rings. The van der Waals surface area contributed by atoms with E-state index in [-0.39, 0.29) is 11.1 Å². The Labute approximate surface area is 575 Å². The van der Waals surface area contributed by atoms with Gasteiger partial charge in [0, 0.05) is 45.3 Å². The van der Waals surface area contributed by atoms with Crippen molar-refractivity contribution in [3.8, 4) is 56.4 Å². The lowest BCUT2D eigenvalue weighted by atomic mass is 9.67. The summed E-state index contributed by atoms with van der Waals surface area (Å²) in [6.45, 7) is 7.71. The van der Waals surface area contributed by atoms with Crippen LogP contribution in [0.2, 0.25) is 0 Å². The highest BCUT2D eigenvalue weighted by atomic mass is 19.2. The van der Waals surface area contributed by atoms with Crippen molar-refractivity contribution in [2.24, 2.45) is 0 Å². The third-order valence-electron chi connectivity index (χ3n) is 19.3. The normalized spacial score (nSPS) is 14.7. The molecule has 482 valence electrons. The summed E-state index contributed by atoms with van der Waals surface area (Å²) in [5, 5.41) is 0. The maximum Gasteiger partial charge on any atom is 0.130 e. The molecule has 0 fully saturated rings. The van der Waals surface area contributed by atoms with Crippen LogP contribution < -0.4 is 19.3 Å². The first kappa shape index (κ1) is 62.2. The Morgan fingerprint density at radius 3 is 0.890 bits per heavy atom. The average molecular weight is 1310 g/mol. The zero-order valence-corrected chi connectivity index (χ0v) is 53.6. The van der Waals surface area contributed by atoms with Crippen molar-refractivity contribution in [3.63, 3.8) is 0 Å². The van der Waals surface area contributed by atoms with Crippen molar-refractivity contribution in [1.82, 2.24) is 0 Å². The van der Waals surface area contributed by atoms with Gasteiger partial charge in [0.2, 0.25) is 0 Å². The number of rotatable bonds is 17. The lowest BCUT2D eigenvalue weighted by Gasteiger charge is -2.35. The van der Waals surface area contributed by atoms with E-state index in [0.29, 0.717) is 90.5 Å². The molecule has 0 aromatic heterocycles. The highest BCUT2D eigenvalue weighted by molar-refractivity contribution is 5.92. The average Bonchev–Trinajstić information content (AvgIpc) is 1.52. The molecule has 10 heteroatoms. The minimum Gasteiger partial charge on any atom is -0.457 e. The maximum absolute atomic E-state index is 17.0. The van der Waals surface area contributed by atoms with Crippen molar-refractivity contribution < 1.29 is 35.8 Å². The fourth-order valence-electron chi connectivity index (χ4n) is 14.8. The van der Waals surface area contributed by atoms with E-state index in [9.17, 15) is 8.78 Å². The van der Waals surface area contributed by atoms with Crippen LogP contribution in [0.1, 0.15) is 55.6 Å². The number of benzene rings is 14. The van der Waals surface area contributed by atoms with Gasteiger partial charge < -0.3 is 19.3 Å². The minimum absolute atomic E-state index is 0.135. The molecule has 2 atom stereocenters. The van der Waals surface area contributed by atoms with Crippen molar-refractivity contribution in [1.29, 1.82) is 0 Å². The van der Waals surface area contributed by atoms with Crippen molar-refractivity contribution in [2.45, 2.75) is 10.8 Å². The van der Waals surface area contributed by atoms with Crippen LogP contribution in [0.3, 0.4) is 0 Å². The van der Waals surface area contributed by atoms with Crippen LogP contribution in [0.15, 0.2) is 329 Å². The van der Waals surface area contributed by atoms with E-state index in [0.717, 1.165) is 44.5 Å². The number of nitrogens with zero attached hydrogens (tertiary/aromatic N) is 2. The number of hydrogen-bond donors (Lipinski definition) is 0. The van der Waals surface area contributed by atoms with Crippen LogP contribution in [0.5, 0.6) is 23.0 Å². The molecule has 2 unspecified atom stereocenters. The summed E-state index contributed by atoms with van der Waals surface area (Å²) < 4.78 is 111. The highest BCUT2D eigenvalue weighted by Gasteiger charge is 2.51. The molecule has 0 heterocycles. The van der Waals surface area contributed by atoms with Gasteiger partial charge in [0.25, 0.3) is 0 Å². The van der Waals surface area contributed by atoms with E-state index in [1.165, 1.54) is 60.7 Å². The molecule has 2 aliphatic carbocycles. The lowest BCUT2D eigenvalue weighted by Crippen LogP contribution is -2.31. The smallest absolute Gasteiger partial charge is 0.130 e. The molecule has 16 rings (SSSR count). The number of hydrogen-bond acceptors (Lipinski definition) is 4. The van der Waals surface area contributed by atoms with Crippen molar-refractivity contribution in [2.75, 3.05) is 9.80 Å². The maximum atomic E-state index is 17.0. The molecule has 0 radical (unpaired) electrons. The van der Waals surface area contributed by atoms with E-state index in [1.54, 1.807) is 36.4 Å². The summed E-state index contributed by atoms with van der Waals surface area (Å²) in [4.78, 5) is 3.98. The number of anilines is 6. The van der Waals surface area contributed by atoms with Gasteiger partial charge >= 0.3 is 0 Å². The number of ether oxygens (including phenoxy) is 2. The van der Waals surface area contributed by atoms with Crippen LogP contribution in [-0.4, -0.2) is 0 Å². The second-order valence-corrected chi connectivity index (χ2v) is 24.8. The SMILES string of the molecule is C=Cc1ccc(Oc2ccc(C3(c4c(F)cccc4F)c4ccccc4-c4ccc(N(c5ccc(F)cc5)c5ccc(-c6ccc(N(c7ccc(F)cc7)c7ccc8c(c7)C(c7ccc(Oc9ccc(C=C)cc9)cc7)(c7c(F)cccc7F)c7ccccc7-8)cc6)cc5)cc43)cc2)cc1. The van der Waals surface area contributed by atoms with Crippen LogP contribution in [0.25, 0.3) is 45.5 Å². The summed E-state index contributed by atoms with van der Waals surface area (Å²) in [6.07, 6.45) is 3.50. The lowest BCUT2D eigenvalue weighted by molar-refractivity contribution is 0.481. The standard InChI is InChI=1S/C90H58F6N2O2/c1-3-57-19-45-71(46-20-57)99-73-49-27-61(28-50-73)89(87-83(93)15-9-16-84(87)94)79-13-7-5-11-75(79)77-53-43-69(55-81(77)89)97(67-39-31-63(91)32-40-67)65-35-23-59(24-36-65)60-25-37-66(38-26-60)98(68-41-33-64(92)34-42-68)70-44-54-78-76-12-6-8-14-80(76)90(82(78)56-70,88-85(95)17-10-18-86(88)96)62-29-51-74(52-30-62)100-72-47-21-58(4-2)22-48-72/h3-56H,1-2H2. The summed E-state index contributed by atoms with van der Waals surface area (Å²) in [5.41, 5.74) is 11.3. The first-order valence-electron chi connectivity index (χ1n) is 32.6. The van der Waals surface area contributed by atoms with Gasteiger partial charge in [0.15, 0.2) is 0 Å². The largest absolute Gasteiger partial charge is 0.457 e. The predicted molar refractivity (Wildman–Crippen MR) is 389 cm³/mol. The molecule has 0 saturated heterocycles. The molecule has 0 saturated carbocycles. The molecule has 0 aliphatic heterocycles. The number of fused-ring (bicyclic) bond motifs is 6. The van der Waals surface area contributed by atoms with E-state index < -0.39 is 45.7 Å². The molecule has 2 aliphatic rings. The number of halogens is 6. The second kappa shape index (κ2) is 25.4. The van der Waals surface area contributed by atoms with Gasteiger partial charge in [-0.15, -0.1) is 0 Å². The monoisotopic (exact) mass is 1310 g/mol. The Morgan fingerprint density at radius 2 is 0.560 bits per heavy atom. The molecule has 100 heavy (non-hydrogen) atoms. The van der Waals surface area contributed by atoms with E-state index in [1.807, 2.05) is 240 Å². The van der Waals surface area contributed by atoms with Gasteiger partial charge in [0.1, 0.15) is 57.9 Å². The summed E-state index contributed by atoms with van der Waals surface area (Å²) in [5.74, 6) is -1.45. The first-order valence-corrected chi connectivity index (χ1v) is 32.6. The Morgan fingerprint density at radius 1 is 0.270 bits per heavy atom. The molecule has 0 bridgehead atoms. The van der Waals surface area contributed by atoms with Gasteiger partial charge in [-0.25, -0.2) is 26.3 Å². The molecule has 0 amide bonds. The molecule has 14 aromatic carbocycles. The Kier molecular flexibility index (Phi) is 15.8. The zero-order valence-electron chi connectivity index (χ0n) is 53.6. The van der Waals surface area contributed by atoms with Gasteiger partial charge in [-0.3, -0.25) is 0 Å². The van der Waals surface area contributed by atoms with Gasteiger partial charge in [-0.2, -0.15) is 0 Å². The van der Waals surface area contributed by atoms with Gasteiger partial charge in [-0.1, -0.05) is 171 Å². The first-order chi connectivity index (χ1) is 48.9. The Hall–Kier alpha value is -12.7. The van der Waals surface area contributed by atoms with Crippen LogP contribution >= 0.6 is 0 Å². The van der Waals surface area contributed by atoms with Crippen LogP contribution in [0.4, 0.5) is 60.5 Å². The van der Waals surface area contributed by atoms with E-state index in [2.05, 4.69) is 13.2 Å². The van der Waals surface area contributed by atoms with Crippen LogP contribution in [-0.2, 0) is 10.8 Å². The van der Waals surface area contributed by atoms with E-state index >= 15 is 17.6 Å². The fourth-order valence-corrected chi connectivity index (χ4v) is 14.8. The van der Waals surface area contributed by atoms with E-state index in [4.69, 9.17) is 9.47 Å². The molecule has 0 N–H and O–H groups in total. The van der Waals surface area contributed by atoms with Gasteiger partial charge in [-0.05, 0) is 248 Å². The summed E-state index contributed by atoms with van der Waals surface area (Å²) >= 11 is 0. The summed E-state index contributed by atoms with van der Waals surface area (Å²) in [7, 11) is 0. The predicted octanol–water partition coefficient (Wildman–Crippen LogP) is 24.7. The minimum atomic E-state index is -1.51. The Balaban J connectivity index is 0.775. The third-order valence-corrected chi connectivity index (χ3v) is 19.3. The molecular weight excluding hydrogens is 1250 g/mol. The third kappa shape index (κ3) is 10.6. The zero-order chi connectivity index (χ0) is 68.2. The van der Waals surface area contributed by atoms with Crippen molar-refractivity contribution in [3.05, 3.63) is 419 Å².